The molecule has 5 rings (SSSR count). The predicted octanol–water partition coefficient (Wildman–Crippen LogP) is 7.67. The molecule has 0 N–H and O–H groups in total. The lowest BCUT2D eigenvalue weighted by Gasteiger charge is -2.25. The quantitative estimate of drug-likeness (QED) is 0.307. The maximum absolute atomic E-state index is 6.17. The van der Waals surface area contributed by atoms with E-state index in [2.05, 4.69) is 77.7 Å². The molecule has 0 radical (unpaired) electrons. The normalized spacial score (nSPS) is 13.8. The predicted molar refractivity (Wildman–Crippen MR) is 138 cm³/mol. The average molecular weight is 457 g/mol. The molecule has 0 bridgehead atoms. The molecule has 0 aromatic heterocycles. The molecule has 4 aromatic rings. The third-order valence-corrected chi connectivity index (χ3v) is 6.48. The van der Waals surface area contributed by atoms with Crippen molar-refractivity contribution in [3.8, 4) is 0 Å². The molecule has 32 heavy (non-hydrogen) atoms. The van der Waals surface area contributed by atoms with Crippen LogP contribution in [-0.4, -0.2) is 18.8 Å². The van der Waals surface area contributed by atoms with E-state index < -0.39 is 0 Å². The van der Waals surface area contributed by atoms with Gasteiger partial charge in [0.05, 0.1) is 22.3 Å². The third-order valence-electron chi connectivity index (χ3n) is 5.74. The van der Waals surface area contributed by atoms with Crippen LogP contribution >= 0.6 is 23.2 Å². The van der Waals surface area contributed by atoms with Crippen molar-refractivity contribution < 1.29 is 0 Å². The van der Waals surface area contributed by atoms with Crippen molar-refractivity contribution in [3.05, 3.63) is 118 Å². The highest BCUT2D eigenvalue weighted by molar-refractivity contribution is 6.42. The Morgan fingerprint density at radius 1 is 0.781 bits per heavy atom. The highest BCUT2D eigenvalue weighted by atomic mass is 35.5. The van der Waals surface area contributed by atoms with Gasteiger partial charge in [0, 0.05) is 24.3 Å². The van der Waals surface area contributed by atoms with E-state index in [9.17, 15) is 0 Å². The monoisotopic (exact) mass is 456 g/mol. The van der Waals surface area contributed by atoms with Crippen LogP contribution in [0.1, 0.15) is 16.7 Å². The zero-order valence-corrected chi connectivity index (χ0v) is 19.0. The number of benzodiazepines with no additional fused rings is 1. The minimum Gasteiger partial charge on any atom is -0.365 e. The van der Waals surface area contributed by atoms with Gasteiger partial charge in [0.2, 0.25) is 0 Å². The van der Waals surface area contributed by atoms with Crippen LogP contribution in [0.2, 0.25) is 10.0 Å². The first-order valence-electron chi connectivity index (χ1n) is 10.7. The number of benzene rings is 4. The Hall–Kier alpha value is -3.07. The summed E-state index contributed by atoms with van der Waals surface area (Å²) in [6.07, 6.45) is 4.11. The van der Waals surface area contributed by atoms with Crippen molar-refractivity contribution in [3.63, 3.8) is 0 Å². The molecule has 0 amide bonds. The smallest absolute Gasteiger partial charge is 0.0668 e. The van der Waals surface area contributed by atoms with Crippen LogP contribution in [0.25, 0.3) is 16.8 Å². The Morgan fingerprint density at radius 3 is 2.47 bits per heavy atom. The van der Waals surface area contributed by atoms with Crippen molar-refractivity contribution in [1.82, 2.24) is 0 Å². The molecule has 1 heterocycles. The van der Waals surface area contributed by atoms with E-state index in [0.29, 0.717) is 10.0 Å². The summed E-state index contributed by atoms with van der Waals surface area (Å²) in [6.45, 7) is 2.46. The van der Waals surface area contributed by atoms with Crippen LogP contribution in [0, 0.1) is 0 Å². The number of halogens is 2. The Morgan fingerprint density at radius 2 is 1.59 bits per heavy atom. The molecule has 4 aromatic carbocycles. The summed E-state index contributed by atoms with van der Waals surface area (Å²) in [5.41, 5.74) is 5.62. The zero-order valence-electron chi connectivity index (χ0n) is 17.5. The van der Waals surface area contributed by atoms with Gasteiger partial charge in [-0.25, -0.2) is 0 Å². The van der Waals surface area contributed by atoms with Crippen LogP contribution in [0.4, 0.5) is 5.69 Å². The van der Waals surface area contributed by atoms with Crippen molar-refractivity contribution >= 4 is 51.4 Å². The standard InChI is InChI=1S/C28H22Cl2N2/c29-25-13-10-20(18-26(25)30)11-14-27-24-7-3-4-8-28(24)32(16-15-31-27)19-21-9-12-22-5-1-2-6-23(22)17-21/h1-14,17-18H,15-16,19H2. The van der Waals surface area contributed by atoms with Gasteiger partial charge in [0.1, 0.15) is 0 Å². The Balaban J connectivity index is 1.43. The highest BCUT2D eigenvalue weighted by Gasteiger charge is 2.17. The van der Waals surface area contributed by atoms with Gasteiger partial charge >= 0.3 is 0 Å². The molecule has 1 aliphatic heterocycles. The van der Waals surface area contributed by atoms with E-state index in [1.165, 1.54) is 22.0 Å². The molecule has 4 heteroatoms. The zero-order chi connectivity index (χ0) is 21.9. The molecule has 0 aliphatic carbocycles. The summed E-state index contributed by atoms with van der Waals surface area (Å²) in [6, 6.07) is 29.4. The van der Waals surface area contributed by atoms with E-state index in [0.717, 1.165) is 36.5 Å². The topological polar surface area (TPSA) is 15.6 Å². The summed E-state index contributed by atoms with van der Waals surface area (Å²) in [5.74, 6) is 0. The number of fused-ring (bicyclic) bond motifs is 2. The summed E-state index contributed by atoms with van der Waals surface area (Å²) >= 11 is 12.2. The number of aliphatic imine (C=N–C) groups is 1. The van der Waals surface area contributed by atoms with Gasteiger partial charge in [0.15, 0.2) is 0 Å². The number of nitrogens with zero attached hydrogens (tertiary/aromatic N) is 2. The van der Waals surface area contributed by atoms with Crippen LogP contribution in [-0.2, 0) is 6.54 Å². The summed E-state index contributed by atoms with van der Waals surface area (Å²) < 4.78 is 0. The molecular formula is C28H22Cl2N2. The maximum Gasteiger partial charge on any atom is 0.0668 e. The molecule has 158 valence electrons. The van der Waals surface area contributed by atoms with Crippen LogP contribution < -0.4 is 4.90 Å². The van der Waals surface area contributed by atoms with E-state index in [1.807, 2.05) is 24.3 Å². The minimum atomic E-state index is 0.554. The molecule has 1 aliphatic rings. The molecule has 0 spiro atoms. The molecule has 2 nitrogen and oxygen atoms in total. The van der Waals surface area contributed by atoms with E-state index >= 15 is 0 Å². The van der Waals surface area contributed by atoms with Crippen LogP contribution in [0.3, 0.4) is 0 Å². The number of hydrogen-bond donors (Lipinski definition) is 0. The van der Waals surface area contributed by atoms with Crippen molar-refractivity contribution in [2.24, 2.45) is 4.99 Å². The summed E-state index contributed by atoms with van der Waals surface area (Å²) in [4.78, 5) is 7.31. The van der Waals surface area contributed by atoms with Gasteiger partial charge in [-0.3, -0.25) is 4.99 Å². The largest absolute Gasteiger partial charge is 0.365 e. The third kappa shape index (κ3) is 4.43. The molecule has 0 saturated carbocycles. The SMILES string of the molecule is Clc1ccc(C=CC2=NCCN(Cc3ccc4ccccc4c3)c3ccccc32)cc1Cl. The fraction of sp³-hybridized carbons (Fsp3) is 0.107. The highest BCUT2D eigenvalue weighted by Crippen LogP contribution is 2.28. The van der Waals surface area contributed by atoms with Crippen molar-refractivity contribution in [2.75, 3.05) is 18.0 Å². The summed E-state index contributed by atoms with van der Waals surface area (Å²) in [7, 11) is 0. The number of anilines is 1. The molecule has 0 unspecified atom stereocenters. The van der Waals surface area contributed by atoms with Gasteiger partial charge in [-0.2, -0.15) is 0 Å². The van der Waals surface area contributed by atoms with Gasteiger partial charge in [0.25, 0.3) is 0 Å². The van der Waals surface area contributed by atoms with Gasteiger partial charge < -0.3 is 4.90 Å². The molecule has 0 saturated heterocycles. The number of allylic oxidation sites excluding steroid dienone is 1. The Labute approximate surface area is 198 Å². The van der Waals surface area contributed by atoms with E-state index in [4.69, 9.17) is 28.2 Å². The lowest BCUT2D eigenvalue weighted by Crippen LogP contribution is -2.25. The van der Waals surface area contributed by atoms with Crippen molar-refractivity contribution in [2.45, 2.75) is 6.54 Å². The number of rotatable bonds is 4. The van der Waals surface area contributed by atoms with E-state index in [-0.39, 0.29) is 0 Å². The minimum absolute atomic E-state index is 0.554. The Bertz CT molecular complexity index is 1340. The fourth-order valence-corrected chi connectivity index (χ4v) is 4.42. The number of hydrogen-bond acceptors (Lipinski definition) is 2. The second-order valence-corrected chi connectivity index (χ2v) is 8.71. The summed E-state index contributed by atoms with van der Waals surface area (Å²) in [5, 5.41) is 3.66. The van der Waals surface area contributed by atoms with Gasteiger partial charge in [-0.1, -0.05) is 89.9 Å². The maximum atomic E-state index is 6.17. The second kappa shape index (κ2) is 9.20. The molecule has 0 atom stereocenters. The first-order chi connectivity index (χ1) is 15.7. The van der Waals surface area contributed by atoms with Gasteiger partial charge in [-0.15, -0.1) is 0 Å². The molecule has 0 fully saturated rings. The fourth-order valence-electron chi connectivity index (χ4n) is 4.12. The van der Waals surface area contributed by atoms with Gasteiger partial charge in [-0.05, 0) is 52.2 Å². The molecular weight excluding hydrogens is 435 g/mol. The lowest BCUT2D eigenvalue weighted by molar-refractivity contribution is 0.798. The first-order valence-corrected chi connectivity index (χ1v) is 11.4. The van der Waals surface area contributed by atoms with Crippen molar-refractivity contribution in [1.29, 1.82) is 0 Å². The van der Waals surface area contributed by atoms with E-state index in [1.54, 1.807) is 0 Å². The Kier molecular flexibility index (Phi) is 5.98. The first kappa shape index (κ1) is 20.8. The average Bonchev–Trinajstić information content (AvgIpc) is 2.99. The number of para-hydroxylation sites is 1. The van der Waals surface area contributed by atoms with Crippen LogP contribution in [0.15, 0.2) is 96.0 Å². The second-order valence-electron chi connectivity index (χ2n) is 7.89. The van der Waals surface area contributed by atoms with Crippen LogP contribution in [0.5, 0.6) is 0 Å². The lowest BCUT2D eigenvalue weighted by atomic mass is 10.0.